The summed E-state index contributed by atoms with van der Waals surface area (Å²) in [6.45, 7) is 2.21. The lowest BCUT2D eigenvalue weighted by Gasteiger charge is -2.19. The highest BCUT2D eigenvalue weighted by atomic mass is 35.5. The maximum absolute atomic E-state index is 12.5. The van der Waals surface area contributed by atoms with Crippen molar-refractivity contribution in [3.05, 3.63) is 57.0 Å². The second kappa shape index (κ2) is 7.24. The first-order valence-corrected chi connectivity index (χ1v) is 8.81. The number of hydrogen-bond donors (Lipinski definition) is 1. The first kappa shape index (κ1) is 18.1. The molecule has 7 heteroatoms. The molecule has 0 aromatic heterocycles. The van der Waals surface area contributed by atoms with Crippen LogP contribution < -0.4 is 10.2 Å². The molecule has 1 aliphatic rings. The van der Waals surface area contributed by atoms with Gasteiger partial charge in [-0.3, -0.25) is 9.59 Å². The van der Waals surface area contributed by atoms with Gasteiger partial charge in [0, 0.05) is 29.4 Å². The van der Waals surface area contributed by atoms with Crippen LogP contribution in [0.15, 0.2) is 36.4 Å². The topological polar surface area (TPSA) is 49.4 Å². The van der Waals surface area contributed by atoms with Gasteiger partial charge in [-0.2, -0.15) is 0 Å². The Labute approximate surface area is 160 Å². The van der Waals surface area contributed by atoms with Crippen LogP contribution in [0, 0.1) is 12.8 Å². The van der Waals surface area contributed by atoms with E-state index in [4.69, 9.17) is 34.8 Å². The first-order chi connectivity index (χ1) is 11.8. The zero-order valence-electron chi connectivity index (χ0n) is 13.4. The lowest BCUT2D eigenvalue weighted by molar-refractivity contribution is -0.122. The van der Waals surface area contributed by atoms with Crippen molar-refractivity contribution in [2.24, 2.45) is 5.92 Å². The Morgan fingerprint density at radius 3 is 2.56 bits per heavy atom. The lowest BCUT2D eigenvalue weighted by atomic mass is 10.1. The molecule has 0 saturated carbocycles. The van der Waals surface area contributed by atoms with Gasteiger partial charge in [-0.15, -0.1) is 0 Å². The molecule has 25 heavy (non-hydrogen) atoms. The van der Waals surface area contributed by atoms with Gasteiger partial charge in [0.1, 0.15) is 0 Å². The smallest absolute Gasteiger partial charge is 0.229 e. The van der Waals surface area contributed by atoms with Crippen LogP contribution in [0.1, 0.15) is 12.0 Å². The van der Waals surface area contributed by atoms with Crippen LogP contribution in [-0.4, -0.2) is 18.4 Å². The molecule has 130 valence electrons. The second-order valence-electron chi connectivity index (χ2n) is 5.95. The standard InChI is InChI=1S/C18H15Cl3N2O2/c1-10-6-12(19)2-5-16(10)23-9-11(7-17(23)24)18(25)22-13-3-4-14(20)15(21)8-13/h2-6,8,11H,7,9H2,1H3,(H,22,25). The van der Waals surface area contributed by atoms with E-state index in [1.54, 1.807) is 41.3 Å². The van der Waals surface area contributed by atoms with E-state index in [0.29, 0.717) is 27.3 Å². The van der Waals surface area contributed by atoms with E-state index >= 15 is 0 Å². The maximum atomic E-state index is 12.5. The minimum absolute atomic E-state index is 0.0836. The molecule has 1 fully saturated rings. The third-order valence-electron chi connectivity index (χ3n) is 4.13. The van der Waals surface area contributed by atoms with Gasteiger partial charge in [-0.1, -0.05) is 34.8 Å². The lowest BCUT2D eigenvalue weighted by Crippen LogP contribution is -2.28. The number of amides is 2. The molecule has 1 saturated heterocycles. The summed E-state index contributed by atoms with van der Waals surface area (Å²) in [4.78, 5) is 26.5. The molecule has 4 nitrogen and oxygen atoms in total. The summed E-state index contributed by atoms with van der Waals surface area (Å²) in [5, 5.41) is 4.18. The van der Waals surface area contributed by atoms with Crippen LogP contribution in [0.2, 0.25) is 15.1 Å². The molecule has 1 unspecified atom stereocenters. The average molecular weight is 398 g/mol. The number of carbonyl (C=O) groups excluding carboxylic acids is 2. The van der Waals surface area contributed by atoms with E-state index in [1.165, 1.54) is 0 Å². The molecule has 0 radical (unpaired) electrons. The number of carbonyl (C=O) groups is 2. The average Bonchev–Trinajstić information content (AvgIpc) is 2.93. The number of anilines is 2. The van der Waals surface area contributed by atoms with Crippen molar-refractivity contribution >= 4 is 58.0 Å². The molecule has 0 bridgehead atoms. The molecular weight excluding hydrogens is 383 g/mol. The fourth-order valence-corrected chi connectivity index (χ4v) is 3.38. The number of benzene rings is 2. The first-order valence-electron chi connectivity index (χ1n) is 7.67. The molecule has 0 aliphatic carbocycles. The van der Waals surface area contributed by atoms with Crippen LogP contribution in [-0.2, 0) is 9.59 Å². The highest BCUT2D eigenvalue weighted by molar-refractivity contribution is 6.42. The summed E-state index contributed by atoms with van der Waals surface area (Å²) in [7, 11) is 0. The second-order valence-corrected chi connectivity index (χ2v) is 7.21. The largest absolute Gasteiger partial charge is 0.326 e. The highest BCUT2D eigenvalue weighted by Gasteiger charge is 2.35. The molecule has 0 spiro atoms. The van der Waals surface area contributed by atoms with Crippen molar-refractivity contribution in [1.82, 2.24) is 0 Å². The van der Waals surface area contributed by atoms with Crippen LogP contribution in [0.25, 0.3) is 0 Å². The van der Waals surface area contributed by atoms with Gasteiger partial charge in [-0.05, 0) is 48.9 Å². The van der Waals surface area contributed by atoms with Gasteiger partial charge in [0.15, 0.2) is 0 Å². The van der Waals surface area contributed by atoms with Gasteiger partial charge >= 0.3 is 0 Å². The molecule has 2 aromatic carbocycles. The number of hydrogen-bond acceptors (Lipinski definition) is 2. The molecule has 3 rings (SSSR count). The molecule has 2 amide bonds. The summed E-state index contributed by atoms with van der Waals surface area (Å²) in [6.07, 6.45) is 0.162. The minimum atomic E-state index is -0.433. The fraction of sp³-hybridized carbons (Fsp3) is 0.222. The Bertz CT molecular complexity index is 854. The normalized spacial score (nSPS) is 17.0. The number of nitrogens with zero attached hydrogens (tertiary/aromatic N) is 1. The third-order valence-corrected chi connectivity index (χ3v) is 5.11. The van der Waals surface area contributed by atoms with Gasteiger partial charge in [0.25, 0.3) is 0 Å². The van der Waals surface area contributed by atoms with Crippen molar-refractivity contribution in [3.63, 3.8) is 0 Å². The van der Waals surface area contributed by atoms with E-state index in [9.17, 15) is 9.59 Å². The molecular formula is C18H15Cl3N2O2. The minimum Gasteiger partial charge on any atom is -0.326 e. The quantitative estimate of drug-likeness (QED) is 0.797. The van der Waals surface area contributed by atoms with Crippen LogP contribution in [0.3, 0.4) is 0 Å². The SMILES string of the molecule is Cc1cc(Cl)ccc1N1CC(C(=O)Nc2ccc(Cl)c(Cl)c2)CC1=O. The predicted octanol–water partition coefficient (Wildman–Crippen LogP) is 4.95. The van der Waals surface area contributed by atoms with Crippen molar-refractivity contribution < 1.29 is 9.59 Å². The Morgan fingerprint density at radius 1 is 1.12 bits per heavy atom. The van der Waals surface area contributed by atoms with Crippen molar-refractivity contribution in [2.75, 3.05) is 16.8 Å². The number of nitrogens with one attached hydrogen (secondary N) is 1. The van der Waals surface area contributed by atoms with E-state index in [1.807, 2.05) is 6.92 Å². The Morgan fingerprint density at radius 2 is 1.88 bits per heavy atom. The highest BCUT2D eigenvalue weighted by Crippen LogP contribution is 2.31. The summed E-state index contributed by atoms with van der Waals surface area (Å²) >= 11 is 17.8. The molecule has 2 aromatic rings. The fourth-order valence-electron chi connectivity index (χ4n) is 2.86. The van der Waals surface area contributed by atoms with Crippen molar-refractivity contribution in [2.45, 2.75) is 13.3 Å². The maximum Gasteiger partial charge on any atom is 0.229 e. The molecule has 1 aliphatic heterocycles. The number of rotatable bonds is 3. The van der Waals surface area contributed by atoms with Crippen LogP contribution >= 0.6 is 34.8 Å². The van der Waals surface area contributed by atoms with E-state index in [0.717, 1.165) is 11.3 Å². The summed E-state index contributed by atoms with van der Waals surface area (Å²) in [5.74, 6) is -0.738. The molecule has 1 N–H and O–H groups in total. The Balaban J connectivity index is 1.73. The van der Waals surface area contributed by atoms with E-state index in [2.05, 4.69) is 5.32 Å². The van der Waals surface area contributed by atoms with Crippen molar-refractivity contribution in [1.29, 1.82) is 0 Å². The zero-order valence-corrected chi connectivity index (χ0v) is 15.6. The van der Waals surface area contributed by atoms with E-state index < -0.39 is 5.92 Å². The zero-order chi connectivity index (χ0) is 18.1. The Hall–Kier alpha value is -1.75. The Kier molecular flexibility index (Phi) is 5.23. The monoisotopic (exact) mass is 396 g/mol. The molecule has 1 atom stereocenters. The van der Waals surface area contributed by atoms with Gasteiger partial charge in [0.05, 0.1) is 16.0 Å². The van der Waals surface area contributed by atoms with Crippen LogP contribution in [0.5, 0.6) is 0 Å². The van der Waals surface area contributed by atoms with Crippen molar-refractivity contribution in [3.8, 4) is 0 Å². The number of halogens is 3. The molecule has 1 heterocycles. The third kappa shape index (κ3) is 3.92. The summed E-state index contributed by atoms with van der Waals surface area (Å²) < 4.78 is 0. The van der Waals surface area contributed by atoms with Crippen LogP contribution in [0.4, 0.5) is 11.4 Å². The van der Waals surface area contributed by atoms with Gasteiger partial charge in [-0.25, -0.2) is 0 Å². The summed E-state index contributed by atoms with van der Waals surface area (Å²) in [5.41, 5.74) is 2.22. The predicted molar refractivity (Wildman–Crippen MR) is 102 cm³/mol. The summed E-state index contributed by atoms with van der Waals surface area (Å²) in [6, 6.07) is 10.2. The number of aryl methyl sites for hydroxylation is 1. The van der Waals surface area contributed by atoms with E-state index in [-0.39, 0.29) is 18.2 Å². The van der Waals surface area contributed by atoms with Gasteiger partial charge < -0.3 is 10.2 Å². The van der Waals surface area contributed by atoms with Gasteiger partial charge in [0.2, 0.25) is 11.8 Å².